The molecule has 0 bridgehead atoms. The summed E-state index contributed by atoms with van der Waals surface area (Å²) in [6, 6.07) is 0.0668. The fourth-order valence-corrected chi connectivity index (χ4v) is 2.60. The number of β-amino-alcohol motifs (C(OH)–C–C–N with tert-alkyl or cyclic N) is 1. The molecule has 19 heavy (non-hydrogen) atoms. The van der Waals surface area contributed by atoms with Crippen LogP contribution in [-0.4, -0.2) is 69.9 Å². The van der Waals surface area contributed by atoms with E-state index in [4.69, 9.17) is 0 Å². The number of hydrogen-bond donors (Lipinski definition) is 1. The highest BCUT2D eigenvalue weighted by Crippen LogP contribution is 2.22. The fourth-order valence-electron chi connectivity index (χ4n) is 2.60. The molecule has 1 fully saturated rings. The molecule has 2 rings (SSSR count). The first-order valence-electron chi connectivity index (χ1n) is 6.52. The first-order valence-corrected chi connectivity index (χ1v) is 6.52. The molecule has 6 nitrogen and oxygen atoms in total. The third-order valence-corrected chi connectivity index (χ3v) is 3.69. The average molecular weight is 266 g/mol. The summed E-state index contributed by atoms with van der Waals surface area (Å²) in [5.41, 5.74) is 1.48. The summed E-state index contributed by atoms with van der Waals surface area (Å²) in [6.45, 7) is 3.06. The molecule has 1 aromatic rings. The molecule has 0 aromatic carbocycles. The topological polar surface area (TPSA) is 61.6 Å². The van der Waals surface area contributed by atoms with Gasteiger partial charge in [0.05, 0.1) is 17.9 Å². The van der Waals surface area contributed by atoms with Gasteiger partial charge in [-0.3, -0.25) is 9.48 Å². The summed E-state index contributed by atoms with van der Waals surface area (Å²) in [4.78, 5) is 16.4. The predicted molar refractivity (Wildman–Crippen MR) is 71.9 cm³/mol. The predicted octanol–water partition coefficient (Wildman–Crippen LogP) is -0.134. The smallest absolute Gasteiger partial charge is 0.257 e. The number of likely N-dealkylation sites (N-methyl/N-ethyl adjacent to an activating group) is 1. The maximum atomic E-state index is 12.6. The van der Waals surface area contributed by atoms with E-state index in [1.54, 1.807) is 15.8 Å². The molecule has 1 aliphatic heterocycles. The van der Waals surface area contributed by atoms with E-state index in [-0.39, 0.29) is 11.9 Å². The van der Waals surface area contributed by atoms with Crippen molar-refractivity contribution in [1.82, 2.24) is 19.6 Å². The quantitative estimate of drug-likeness (QED) is 0.827. The molecule has 0 aliphatic carbocycles. The highest BCUT2D eigenvalue weighted by atomic mass is 16.3. The number of aliphatic hydroxyl groups is 1. The first kappa shape index (κ1) is 14.0. The van der Waals surface area contributed by atoms with E-state index in [0.29, 0.717) is 18.5 Å². The zero-order valence-electron chi connectivity index (χ0n) is 12.0. The van der Waals surface area contributed by atoms with Gasteiger partial charge in [0.25, 0.3) is 5.91 Å². The van der Waals surface area contributed by atoms with Gasteiger partial charge in [-0.1, -0.05) is 0 Å². The summed E-state index contributed by atoms with van der Waals surface area (Å²) in [7, 11) is 5.77. The van der Waals surface area contributed by atoms with E-state index >= 15 is 0 Å². The minimum Gasteiger partial charge on any atom is -0.391 e. The molecule has 2 atom stereocenters. The Morgan fingerprint density at radius 2 is 2.26 bits per heavy atom. The van der Waals surface area contributed by atoms with Crippen molar-refractivity contribution in [1.29, 1.82) is 0 Å². The van der Waals surface area contributed by atoms with Crippen LogP contribution in [0.15, 0.2) is 6.20 Å². The van der Waals surface area contributed by atoms with Gasteiger partial charge in [0.2, 0.25) is 0 Å². The van der Waals surface area contributed by atoms with E-state index in [1.165, 1.54) is 0 Å². The van der Waals surface area contributed by atoms with Crippen LogP contribution in [0, 0.1) is 6.92 Å². The SMILES string of the molecule is Cc1c(C(=O)N2CC(O)CC2CN(C)C)cnn1C. The molecule has 1 N–H and O–H groups in total. The zero-order chi connectivity index (χ0) is 14.2. The Morgan fingerprint density at radius 1 is 1.58 bits per heavy atom. The van der Waals surface area contributed by atoms with Gasteiger partial charge in [0.15, 0.2) is 0 Å². The standard InChI is InChI=1S/C13H22N4O2/c1-9-12(6-14-16(9)4)13(19)17-8-11(18)5-10(17)7-15(2)3/h6,10-11,18H,5,7-8H2,1-4H3. The maximum absolute atomic E-state index is 12.6. The van der Waals surface area contributed by atoms with E-state index in [2.05, 4.69) is 5.10 Å². The average Bonchev–Trinajstić information content (AvgIpc) is 2.83. The molecule has 0 saturated carbocycles. The molecular weight excluding hydrogens is 244 g/mol. The highest BCUT2D eigenvalue weighted by Gasteiger charge is 2.35. The van der Waals surface area contributed by atoms with Crippen LogP contribution >= 0.6 is 0 Å². The van der Waals surface area contributed by atoms with Crippen LogP contribution in [0.2, 0.25) is 0 Å². The number of carbonyl (C=O) groups excluding carboxylic acids is 1. The summed E-state index contributed by atoms with van der Waals surface area (Å²) >= 11 is 0. The van der Waals surface area contributed by atoms with Crippen LogP contribution < -0.4 is 0 Å². The number of rotatable bonds is 3. The minimum atomic E-state index is -0.425. The molecule has 0 spiro atoms. The molecule has 2 unspecified atom stereocenters. The van der Waals surface area contributed by atoms with Crippen LogP contribution in [0.3, 0.4) is 0 Å². The van der Waals surface area contributed by atoms with Crippen LogP contribution in [0.1, 0.15) is 22.5 Å². The van der Waals surface area contributed by atoms with Gasteiger partial charge < -0.3 is 14.9 Å². The van der Waals surface area contributed by atoms with Crippen molar-refractivity contribution in [3.05, 3.63) is 17.5 Å². The number of hydrogen-bond acceptors (Lipinski definition) is 4. The van der Waals surface area contributed by atoms with Crippen molar-refractivity contribution >= 4 is 5.91 Å². The lowest BCUT2D eigenvalue weighted by Gasteiger charge is -2.26. The lowest BCUT2D eigenvalue weighted by Crippen LogP contribution is -2.41. The second kappa shape index (κ2) is 5.30. The Kier molecular flexibility index (Phi) is 3.91. The van der Waals surface area contributed by atoms with Crippen molar-refractivity contribution < 1.29 is 9.90 Å². The van der Waals surface area contributed by atoms with Gasteiger partial charge >= 0.3 is 0 Å². The van der Waals surface area contributed by atoms with E-state index in [0.717, 1.165) is 12.2 Å². The minimum absolute atomic E-state index is 0.0333. The molecular formula is C13H22N4O2. The normalized spacial score (nSPS) is 23.4. The Morgan fingerprint density at radius 3 is 2.79 bits per heavy atom. The zero-order valence-corrected chi connectivity index (χ0v) is 12.0. The summed E-state index contributed by atoms with van der Waals surface area (Å²) < 4.78 is 1.70. The third-order valence-electron chi connectivity index (χ3n) is 3.69. The molecule has 106 valence electrons. The third kappa shape index (κ3) is 2.79. The Balaban J connectivity index is 2.19. The van der Waals surface area contributed by atoms with Crippen LogP contribution in [0.25, 0.3) is 0 Å². The molecule has 1 aromatic heterocycles. The maximum Gasteiger partial charge on any atom is 0.257 e. The number of nitrogens with zero attached hydrogens (tertiary/aromatic N) is 4. The van der Waals surface area contributed by atoms with E-state index in [1.807, 2.05) is 33.0 Å². The van der Waals surface area contributed by atoms with Crippen molar-refractivity contribution in [2.24, 2.45) is 7.05 Å². The number of carbonyl (C=O) groups is 1. The number of aromatic nitrogens is 2. The van der Waals surface area contributed by atoms with Gasteiger partial charge in [-0.25, -0.2) is 0 Å². The van der Waals surface area contributed by atoms with Gasteiger partial charge in [0.1, 0.15) is 0 Å². The van der Waals surface area contributed by atoms with E-state index < -0.39 is 6.10 Å². The van der Waals surface area contributed by atoms with Crippen molar-refractivity contribution in [3.63, 3.8) is 0 Å². The van der Waals surface area contributed by atoms with Crippen molar-refractivity contribution in [2.75, 3.05) is 27.2 Å². The highest BCUT2D eigenvalue weighted by molar-refractivity contribution is 5.95. The molecule has 2 heterocycles. The summed E-state index contributed by atoms with van der Waals surface area (Å²) in [6.07, 6.45) is 1.82. The van der Waals surface area contributed by atoms with Gasteiger partial charge in [-0.15, -0.1) is 0 Å². The Hall–Kier alpha value is -1.40. The Labute approximate surface area is 113 Å². The second-order valence-electron chi connectivity index (χ2n) is 5.53. The largest absolute Gasteiger partial charge is 0.391 e. The second-order valence-corrected chi connectivity index (χ2v) is 5.53. The molecule has 1 saturated heterocycles. The van der Waals surface area contributed by atoms with Gasteiger partial charge in [-0.05, 0) is 27.4 Å². The summed E-state index contributed by atoms with van der Waals surface area (Å²) in [5, 5.41) is 13.9. The lowest BCUT2D eigenvalue weighted by atomic mass is 10.1. The molecule has 6 heteroatoms. The number of aliphatic hydroxyl groups excluding tert-OH is 1. The number of amides is 1. The monoisotopic (exact) mass is 266 g/mol. The van der Waals surface area contributed by atoms with Crippen molar-refractivity contribution in [2.45, 2.75) is 25.5 Å². The number of aryl methyl sites for hydroxylation is 1. The first-order chi connectivity index (χ1) is 8.90. The Bertz CT molecular complexity index is 469. The molecule has 1 aliphatic rings. The summed E-state index contributed by atoms with van der Waals surface area (Å²) in [5.74, 6) is -0.0333. The van der Waals surface area contributed by atoms with Crippen LogP contribution in [0.5, 0.6) is 0 Å². The van der Waals surface area contributed by atoms with Crippen LogP contribution in [0.4, 0.5) is 0 Å². The van der Waals surface area contributed by atoms with E-state index in [9.17, 15) is 9.90 Å². The van der Waals surface area contributed by atoms with Gasteiger partial charge in [0, 0.05) is 31.9 Å². The van der Waals surface area contributed by atoms with Crippen LogP contribution in [-0.2, 0) is 7.05 Å². The van der Waals surface area contributed by atoms with Crippen molar-refractivity contribution in [3.8, 4) is 0 Å². The fraction of sp³-hybridized carbons (Fsp3) is 0.692. The van der Waals surface area contributed by atoms with Gasteiger partial charge in [-0.2, -0.15) is 5.10 Å². The molecule has 1 amide bonds. The lowest BCUT2D eigenvalue weighted by molar-refractivity contribution is 0.0698. The molecule has 0 radical (unpaired) electrons. The number of likely N-dealkylation sites (tertiary alicyclic amines) is 1.